The number of ketones is 1. The average Bonchev–Trinajstić information content (AvgIpc) is 2.84. The summed E-state index contributed by atoms with van der Waals surface area (Å²) in [5, 5.41) is 19.3. The van der Waals surface area contributed by atoms with Gasteiger partial charge in [-0.3, -0.25) is 4.79 Å². The fraction of sp³-hybridized carbons (Fsp3) is 0.412. The summed E-state index contributed by atoms with van der Waals surface area (Å²) < 4.78 is 37.5. The summed E-state index contributed by atoms with van der Waals surface area (Å²) in [7, 11) is 0. The third kappa shape index (κ3) is 3.61. The number of amides is 2. The topological polar surface area (TPSA) is 91.1 Å². The van der Waals surface area contributed by atoms with Crippen LogP contribution in [0.15, 0.2) is 46.0 Å². The van der Waals surface area contributed by atoms with Gasteiger partial charge >= 0.3 is 12.2 Å². The van der Waals surface area contributed by atoms with Crippen LogP contribution in [0.25, 0.3) is 0 Å². The van der Waals surface area contributed by atoms with Crippen molar-refractivity contribution < 1.29 is 27.9 Å². The van der Waals surface area contributed by atoms with Gasteiger partial charge in [0, 0.05) is 17.5 Å². The van der Waals surface area contributed by atoms with E-state index in [9.17, 15) is 27.9 Å². The Morgan fingerprint density at radius 2 is 1.73 bits per heavy atom. The van der Waals surface area contributed by atoms with Gasteiger partial charge in [-0.25, -0.2) is 4.79 Å². The molecule has 138 valence electrons. The number of fused-ring (bicyclic) bond motifs is 1. The molecule has 2 amide bonds. The summed E-state index contributed by atoms with van der Waals surface area (Å²) in [4.78, 5) is 24.0. The average molecular weight is 367 g/mol. The number of hydrogen-bond donors (Lipinski definition) is 2. The number of allylic oxidation sites excluding steroid dienone is 2. The molecule has 2 unspecified atom stereocenters. The lowest BCUT2D eigenvalue weighted by Crippen LogP contribution is -2.21. The highest BCUT2D eigenvalue weighted by atomic mass is 19.4. The third-order valence-electron chi connectivity index (χ3n) is 4.63. The largest absolute Gasteiger partial charge is 0.510 e. The molecule has 0 aromatic heterocycles. The molecule has 3 rings (SSSR count). The number of rotatable bonds is 2. The van der Waals surface area contributed by atoms with Crippen molar-refractivity contribution in [2.75, 3.05) is 5.32 Å². The minimum atomic E-state index is -4.47. The lowest BCUT2D eigenvalue weighted by atomic mass is 9.80. The van der Waals surface area contributed by atoms with Gasteiger partial charge in [0.15, 0.2) is 11.5 Å². The van der Waals surface area contributed by atoms with Gasteiger partial charge in [0.25, 0.3) is 0 Å². The van der Waals surface area contributed by atoms with E-state index in [4.69, 9.17) is 0 Å². The number of urea groups is 1. The molecule has 2 atom stereocenters. The minimum Gasteiger partial charge on any atom is -0.510 e. The molecule has 0 spiro atoms. The molecule has 2 aliphatic carbocycles. The number of halogens is 3. The molecule has 0 bridgehead atoms. The number of hydrogen-bond acceptors (Lipinski definition) is 4. The van der Waals surface area contributed by atoms with E-state index in [1.807, 2.05) is 0 Å². The van der Waals surface area contributed by atoms with E-state index < -0.39 is 17.8 Å². The van der Waals surface area contributed by atoms with Crippen molar-refractivity contribution in [3.05, 3.63) is 41.3 Å². The second kappa shape index (κ2) is 6.89. The van der Waals surface area contributed by atoms with Crippen LogP contribution in [0.1, 0.15) is 31.2 Å². The first-order valence-electron chi connectivity index (χ1n) is 8.14. The van der Waals surface area contributed by atoms with Gasteiger partial charge in [-0.15, -0.1) is 5.11 Å². The number of alkyl halides is 3. The molecular weight excluding hydrogens is 351 g/mol. The molecule has 0 saturated heterocycles. The van der Waals surface area contributed by atoms with Gasteiger partial charge in [-0.1, -0.05) is 18.0 Å². The van der Waals surface area contributed by atoms with E-state index in [0.717, 1.165) is 37.1 Å². The Hall–Kier alpha value is -2.71. The number of carbonyl (C=O) groups excluding carboxylic acids is 2. The predicted molar refractivity (Wildman–Crippen MR) is 85.4 cm³/mol. The van der Waals surface area contributed by atoms with Crippen LogP contribution in [0.5, 0.6) is 0 Å². The number of anilines is 1. The fourth-order valence-corrected chi connectivity index (χ4v) is 3.34. The fourth-order valence-electron chi connectivity index (χ4n) is 3.34. The number of nitrogens with zero attached hydrogens (tertiary/aromatic N) is 2. The van der Waals surface area contributed by atoms with Gasteiger partial charge in [0.05, 0.1) is 5.56 Å². The van der Waals surface area contributed by atoms with Crippen LogP contribution in [-0.2, 0) is 11.0 Å². The summed E-state index contributed by atoms with van der Waals surface area (Å²) >= 11 is 0. The highest BCUT2D eigenvalue weighted by Crippen LogP contribution is 2.42. The molecule has 6 nitrogen and oxygen atoms in total. The number of azo groups is 1. The van der Waals surface area contributed by atoms with Crippen LogP contribution < -0.4 is 5.32 Å². The van der Waals surface area contributed by atoms with E-state index in [1.165, 1.54) is 0 Å². The van der Waals surface area contributed by atoms with Crippen molar-refractivity contribution >= 4 is 17.5 Å². The Labute approximate surface area is 146 Å². The van der Waals surface area contributed by atoms with Gasteiger partial charge < -0.3 is 10.4 Å². The second-order valence-corrected chi connectivity index (χ2v) is 6.30. The first-order valence-corrected chi connectivity index (χ1v) is 8.14. The van der Waals surface area contributed by atoms with Crippen molar-refractivity contribution in [2.24, 2.45) is 22.1 Å². The van der Waals surface area contributed by atoms with E-state index in [2.05, 4.69) is 15.5 Å². The molecule has 1 aromatic rings. The summed E-state index contributed by atoms with van der Waals surface area (Å²) in [6, 6.07) is 2.87. The number of benzene rings is 1. The Kier molecular flexibility index (Phi) is 4.80. The maximum atomic E-state index is 12.5. The molecule has 0 aliphatic heterocycles. The quantitative estimate of drug-likeness (QED) is 0.732. The van der Waals surface area contributed by atoms with Crippen LogP contribution >= 0.6 is 0 Å². The smallest absolute Gasteiger partial charge is 0.416 e. The zero-order valence-electron chi connectivity index (χ0n) is 13.6. The Morgan fingerprint density at radius 1 is 1.12 bits per heavy atom. The number of Topliss-reactive ketones (excluding diaryl/α,β-unsaturated/α-hetero) is 1. The first-order chi connectivity index (χ1) is 12.3. The highest BCUT2D eigenvalue weighted by Gasteiger charge is 2.43. The number of aliphatic hydroxyl groups is 1. The SMILES string of the molecule is O=C(N=NC1=C(O)C2CCCCC2C1=O)Nc1ccc(C(F)(F)F)cc1. The summed E-state index contributed by atoms with van der Waals surface area (Å²) in [6.07, 6.45) is -1.29. The summed E-state index contributed by atoms with van der Waals surface area (Å²) in [6.45, 7) is 0. The summed E-state index contributed by atoms with van der Waals surface area (Å²) in [5.74, 6) is -1.03. The second-order valence-electron chi connectivity index (χ2n) is 6.30. The van der Waals surface area contributed by atoms with E-state index in [1.54, 1.807) is 0 Å². The normalized spacial score (nSPS) is 23.4. The van der Waals surface area contributed by atoms with Gasteiger partial charge in [0.2, 0.25) is 0 Å². The zero-order valence-corrected chi connectivity index (χ0v) is 13.6. The standard InChI is InChI=1S/C17H16F3N3O3/c18-17(19,20)9-5-7-10(8-6-9)21-16(26)23-22-13-14(24)11-3-1-2-4-12(11)15(13)25/h5-8,11-12,24H,1-4H2,(H,21,26). The number of carbonyl (C=O) groups is 2. The maximum Gasteiger partial charge on any atom is 0.416 e. The van der Waals surface area contributed by atoms with Crippen LogP contribution in [0.4, 0.5) is 23.7 Å². The van der Waals surface area contributed by atoms with Crippen molar-refractivity contribution in [2.45, 2.75) is 31.9 Å². The molecule has 0 radical (unpaired) electrons. The van der Waals surface area contributed by atoms with Gasteiger partial charge in [-0.2, -0.15) is 13.2 Å². The summed E-state index contributed by atoms with van der Waals surface area (Å²) in [5.41, 5.74) is -0.942. The van der Waals surface area contributed by atoms with E-state index >= 15 is 0 Å². The Morgan fingerprint density at radius 3 is 2.31 bits per heavy atom. The lowest BCUT2D eigenvalue weighted by Gasteiger charge is -2.23. The van der Waals surface area contributed by atoms with Crippen molar-refractivity contribution in [1.29, 1.82) is 0 Å². The monoisotopic (exact) mass is 367 g/mol. The first kappa shape index (κ1) is 18.1. The van der Waals surface area contributed by atoms with E-state index in [0.29, 0.717) is 12.8 Å². The van der Waals surface area contributed by atoms with E-state index in [-0.39, 0.29) is 34.8 Å². The zero-order chi connectivity index (χ0) is 18.9. The molecule has 1 aromatic carbocycles. The van der Waals surface area contributed by atoms with Crippen molar-refractivity contribution in [3.63, 3.8) is 0 Å². The van der Waals surface area contributed by atoms with Crippen molar-refractivity contribution in [3.8, 4) is 0 Å². The van der Waals surface area contributed by atoms with Crippen LogP contribution in [0.2, 0.25) is 0 Å². The maximum absolute atomic E-state index is 12.5. The Bertz CT molecular complexity index is 785. The number of nitrogens with one attached hydrogen (secondary N) is 1. The molecule has 9 heteroatoms. The molecule has 26 heavy (non-hydrogen) atoms. The molecule has 1 saturated carbocycles. The molecule has 2 N–H and O–H groups in total. The molecular formula is C17H16F3N3O3. The van der Waals surface area contributed by atoms with Gasteiger partial charge in [0.1, 0.15) is 5.76 Å². The number of aliphatic hydroxyl groups excluding tert-OH is 1. The minimum absolute atomic E-state index is 0.103. The molecule has 1 fully saturated rings. The predicted octanol–water partition coefficient (Wildman–Crippen LogP) is 4.85. The lowest BCUT2D eigenvalue weighted by molar-refractivity contribution is -0.137. The van der Waals surface area contributed by atoms with Gasteiger partial charge in [-0.05, 0) is 37.1 Å². The van der Waals surface area contributed by atoms with Crippen LogP contribution in [0.3, 0.4) is 0 Å². The Balaban J connectivity index is 1.66. The van der Waals surface area contributed by atoms with Crippen LogP contribution in [-0.4, -0.2) is 16.9 Å². The molecule has 0 heterocycles. The highest BCUT2D eigenvalue weighted by molar-refractivity contribution is 6.00. The molecule has 2 aliphatic rings. The van der Waals surface area contributed by atoms with Crippen LogP contribution in [0, 0.1) is 11.8 Å². The third-order valence-corrected chi connectivity index (χ3v) is 4.63. The van der Waals surface area contributed by atoms with Crippen molar-refractivity contribution in [1.82, 2.24) is 0 Å².